The molecule has 0 aliphatic rings. The van der Waals surface area contributed by atoms with E-state index in [-0.39, 0.29) is 4.99 Å². The molecule has 0 spiro atoms. The molecule has 0 atom stereocenters. The molecule has 0 aliphatic heterocycles. The summed E-state index contributed by atoms with van der Waals surface area (Å²) in [5.74, 6) is 0.674. The van der Waals surface area contributed by atoms with E-state index in [0.29, 0.717) is 22.9 Å². The molecule has 98 valence electrons. The highest BCUT2D eigenvalue weighted by molar-refractivity contribution is 7.80. The van der Waals surface area contributed by atoms with E-state index in [0.717, 1.165) is 6.42 Å². The van der Waals surface area contributed by atoms with E-state index >= 15 is 0 Å². The lowest BCUT2D eigenvalue weighted by Gasteiger charge is -2.11. The molecule has 0 heterocycles. The van der Waals surface area contributed by atoms with Crippen LogP contribution in [0.4, 0.5) is 0 Å². The Morgan fingerprint density at radius 3 is 2.58 bits per heavy atom. The first-order valence-corrected chi connectivity index (χ1v) is 6.71. The highest BCUT2D eigenvalue weighted by atomic mass is 35.5. The monoisotopic (exact) mass is 291 g/mol. The summed E-state index contributed by atoms with van der Waals surface area (Å²) in [4.78, 5) is 0.289. The summed E-state index contributed by atoms with van der Waals surface area (Å²) in [6.07, 6.45) is 0.834. The minimum absolute atomic E-state index is 0.289. The summed E-state index contributed by atoms with van der Waals surface area (Å²) in [6, 6.07) is 15.4. The van der Waals surface area contributed by atoms with Crippen LogP contribution in [0, 0.1) is 0 Å². The highest BCUT2D eigenvalue weighted by Gasteiger charge is 2.07. The van der Waals surface area contributed by atoms with Crippen LogP contribution in [-0.2, 0) is 6.42 Å². The van der Waals surface area contributed by atoms with Gasteiger partial charge in [-0.1, -0.05) is 54.2 Å². The predicted molar refractivity (Wildman–Crippen MR) is 83.0 cm³/mol. The van der Waals surface area contributed by atoms with Crippen molar-refractivity contribution in [2.45, 2.75) is 6.42 Å². The summed E-state index contributed by atoms with van der Waals surface area (Å²) < 4.78 is 5.73. The fourth-order valence-electron chi connectivity index (χ4n) is 1.74. The van der Waals surface area contributed by atoms with Crippen molar-refractivity contribution in [2.75, 3.05) is 6.61 Å². The Morgan fingerprint density at radius 1 is 1.16 bits per heavy atom. The lowest BCUT2D eigenvalue weighted by molar-refractivity contribution is 0.321. The molecule has 2 aromatic rings. The molecule has 0 unspecified atom stereocenters. The van der Waals surface area contributed by atoms with Gasteiger partial charge in [-0.3, -0.25) is 0 Å². The number of hydrogen-bond donors (Lipinski definition) is 1. The van der Waals surface area contributed by atoms with Crippen molar-refractivity contribution >= 4 is 28.8 Å². The van der Waals surface area contributed by atoms with Crippen molar-refractivity contribution in [1.29, 1.82) is 0 Å². The van der Waals surface area contributed by atoms with Crippen LogP contribution in [0.15, 0.2) is 48.5 Å². The van der Waals surface area contributed by atoms with Crippen molar-refractivity contribution < 1.29 is 4.74 Å². The Balaban J connectivity index is 2.02. The summed E-state index contributed by atoms with van der Waals surface area (Å²) in [5.41, 5.74) is 7.57. The van der Waals surface area contributed by atoms with Gasteiger partial charge in [0.15, 0.2) is 0 Å². The Bertz CT molecular complexity index is 572. The van der Waals surface area contributed by atoms with E-state index in [2.05, 4.69) is 12.1 Å². The third kappa shape index (κ3) is 3.94. The van der Waals surface area contributed by atoms with Crippen LogP contribution in [0.5, 0.6) is 5.75 Å². The normalized spacial score (nSPS) is 10.2. The van der Waals surface area contributed by atoms with Gasteiger partial charge in [0.1, 0.15) is 10.7 Å². The van der Waals surface area contributed by atoms with Crippen LogP contribution in [0.3, 0.4) is 0 Å². The molecule has 0 aliphatic carbocycles. The van der Waals surface area contributed by atoms with Gasteiger partial charge in [-0.2, -0.15) is 0 Å². The summed E-state index contributed by atoms with van der Waals surface area (Å²) in [6.45, 7) is 0.571. The quantitative estimate of drug-likeness (QED) is 0.855. The minimum atomic E-state index is 0.289. The Morgan fingerprint density at radius 2 is 1.89 bits per heavy atom. The molecule has 2 aromatic carbocycles. The maximum atomic E-state index is 5.92. The number of benzene rings is 2. The Hall–Kier alpha value is -1.58. The SMILES string of the molecule is NC(=S)c1cc(Cl)ccc1OCCc1ccccc1. The summed E-state index contributed by atoms with van der Waals surface area (Å²) >= 11 is 10.9. The van der Waals surface area contributed by atoms with Crippen molar-refractivity contribution in [1.82, 2.24) is 0 Å². The van der Waals surface area contributed by atoms with E-state index in [4.69, 9.17) is 34.3 Å². The van der Waals surface area contributed by atoms with E-state index in [1.807, 2.05) is 18.2 Å². The molecule has 0 fully saturated rings. The molecule has 4 heteroatoms. The van der Waals surface area contributed by atoms with Gasteiger partial charge in [0.25, 0.3) is 0 Å². The van der Waals surface area contributed by atoms with Crippen molar-refractivity contribution in [3.05, 3.63) is 64.7 Å². The van der Waals surface area contributed by atoms with Crippen LogP contribution >= 0.6 is 23.8 Å². The molecule has 0 bridgehead atoms. The van der Waals surface area contributed by atoms with E-state index < -0.39 is 0 Å². The lowest BCUT2D eigenvalue weighted by Crippen LogP contribution is -2.12. The largest absolute Gasteiger partial charge is 0.493 e. The van der Waals surface area contributed by atoms with Gasteiger partial charge in [0, 0.05) is 11.4 Å². The van der Waals surface area contributed by atoms with E-state index in [1.165, 1.54) is 5.56 Å². The van der Waals surface area contributed by atoms with Gasteiger partial charge in [0.2, 0.25) is 0 Å². The van der Waals surface area contributed by atoms with Crippen molar-refractivity contribution in [3.8, 4) is 5.75 Å². The molecule has 0 amide bonds. The lowest BCUT2D eigenvalue weighted by atomic mass is 10.1. The first kappa shape index (κ1) is 13.8. The average Bonchev–Trinajstić information content (AvgIpc) is 2.41. The third-order valence-electron chi connectivity index (χ3n) is 2.70. The van der Waals surface area contributed by atoms with Crippen LogP contribution < -0.4 is 10.5 Å². The van der Waals surface area contributed by atoms with E-state index in [9.17, 15) is 0 Å². The number of nitrogens with two attached hydrogens (primary N) is 1. The maximum absolute atomic E-state index is 5.92. The number of hydrogen-bond acceptors (Lipinski definition) is 2. The smallest absolute Gasteiger partial charge is 0.129 e. The molecule has 0 saturated carbocycles. The predicted octanol–water partition coefficient (Wildman–Crippen LogP) is 3.60. The average molecular weight is 292 g/mol. The number of thiocarbonyl (C=S) groups is 1. The fraction of sp³-hybridized carbons (Fsp3) is 0.133. The van der Waals surface area contributed by atoms with Crippen LogP contribution in [-0.4, -0.2) is 11.6 Å². The summed E-state index contributed by atoms with van der Waals surface area (Å²) in [5, 5.41) is 0.596. The molecule has 0 radical (unpaired) electrons. The second kappa shape index (κ2) is 6.55. The Labute approximate surface area is 123 Å². The number of ether oxygens (including phenoxy) is 1. The van der Waals surface area contributed by atoms with Gasteiger partial charge in [-0.25, -0.2) is 0 Å². The zero-order chi connectivity index (χ0) is 13.7. The van der Waals surface area contributed by atoms with Gasteiger partial charge >= 0.3 is 0 Å². The molecule has 2 N–H and O–H groups in total. The van der Waals surface area contributed by atoms with Gasteiger partial charge in [0.05, 0.1) is 12.2 Å². The molecule has 2 rings (SSSR count). The maximum Gasteiger partial charge on any atom is 0.129 e. The zero-order valence-corrected chi connectivity index (χ0v) is 11.9. The van der Waals surface area contributed by atoms with Gasteiger partial charge < -0.3 is 10.5 Å². The molecular weight excluding hydrogens is 278 g/mol. The van der Waals surface area contributed by atoms with Crippen molar-refractivity contribution in [3.63, 3.8) is 0 Å². The molecular formula is C15H14ClNOS. The zero-order valence-electron chi connectivity index (χ0n) is 10.3. The molecule has 2 nitrogen and oxygen atoms in total. The fourth-order valence-corrected chi connectivity index (χ4v) is 2.08. The first-order valence-electron chi connectivity index (χ1n) is 5.93. The number of rotatable bonds is 5. The molecule has 0 saturated heterocycles. The van der Waals surface area contributed by atoms with Crippen LogP contribution in [0.2, 0.25) is 5.02 Å². The second-order valence-corrected chi connectivity index (χ2v) is 4.97. The summed E-state index contributed by atoms with van der Waals surface area (Å²) in [7, 11) is 0. The van der Waals surface area contributed by atoms with Crippen LogP contribution in [0.25, 0.3) is 0 Å². The topological polar surface area (TPSA) is 35.2 Å². The van der Waals surface area contributed by atoms with Crippen LogP contribution in [0.1, 0.15) is 11.1 Å². The van der Waals surface area contributed by atoms with Gasteiger partial charge in [-0.05, 0) is 23.8 Å². The first-order chi connectivity index (χ1) is 9.16. The standard InChI is InChI=1S/C15H14ClNOS/c16-12-6-7-14(13(10-12)15(17)19)18-9-8-11-4-2-1-3-5-11/h1-7,10H,8-9H2,(H2,17,19). The minimum Gasteiger partial charge on any atom is -0.493 e. The highest BCUT2D eigenvalue weighted by Crippen LogP contribution is 2.23. The van der Waals surface area contributed by atoms with Gasteiger partial charge in [-0.15, -0.1) is 0 Å². The molecule has 0 aromatic heterocycles. The van der Waals surface area contributed by atoms with Crippen molar-refractivity contribution in [2.24, 2.45) is 5.73 Å². The number of halogens is 1. The third-order valence-corrected chi connectivity index (χ3v) is 3.15. The molecule has 19 heavy (non-hydrogen) atoms. The van der Waals surface area contributed by atoms with E-state index in [1.54, 1.807) is 18.2 Å². The Kier molecular flexibility index (Phi) is 4.77. The second-order valence-electron chi connectivity index (χ2n) is 4.09.